The Balaban J connectivity index is 1.81. The Morgan fingerprint density at radius 1 is 1.21 bits per heavy atom. The van der Waals surface area contributed by atoms with Gasteiger partial charge in [0.15, 0.2) is 5.16 Å². The number of rotatable bonds is 9. The lowest BCUT2D eigenvalue weighted by molar-refractivity contribution is 0.475. The highest BCUT2D eigenvalue weighted by atomic mass is 32.2. The second kappa shape index (κ2) is 9.23. The molecule has 0 fully saturated rings. The van der Waals surface area contributed by atoms with Crippen LogP contribution in [0.25, 0.3) is 0 Å². The summed E-state index contributed by atoms with van der Waals surface area (Å²) < 4.78 is 2.28. The van der Waals surface area contributed by atoms with Gasteiger partial charge in [-0.05, 0) is 50.1 Å². The molecule has 1 aromatic heterocycles. The highest BCUT2D eigenvalue weighted by Crippen LogP contribution is 2.16. The summed E-state index contributed by atoms with van der Waals surface area (Å²) in [5, 5.41) is 13.3. The Morgan fingerprint density at radius 2 is 2.00 bits per heavy atom. The van der Waals surface area contributed by atoms with Crippen molar-refractivity contribution >= 4 is 11.8 Å². The molecule has 1 N–H and O–H groups in total. The van der Waals surface area contributed by atoms with Gasteiger partial charge in [-0.25, -0.2) is 0 Å². The molecule has 1 aromatic carbocycles. The van der Waals surface area contributed by atoms with E-state index in [-0.39, 0.29) is 0 Å². The summed E-state index contributed by atoms with van der Waals surface area (Å²) in [4.78, 5) is 0. The van der Waals surface area contributed by atoms with Gasteiger partial charge in [0.05, 0.1) is 0 Å². The summed E-state index contributed by atoms with van der Waals surface area (Å²) in [5.74, 6) is 1.72. The summed E-state index contributed by atoms with van der Waals surface area (Å²) >= 11 is 1.68. The van der Waals surface area contributed by atoms with Crippen molar-refractivity contribution in [3.8, 4) is 0 Å². The zero-order valence-electron chi connectivity index (χ0n) is 15.6. The molecule has 24 heavy (non-hydrogen) atoms. The van der Waals surface area contributed by atoms with Crippen LogP contribution in [0.4, 0.5) is 0 Å². The number of hydrogen-bond donors (Lipinski definition) is 1. The third-order valence-corrected chi connectivity index (χ3v) is 4.76. The summed E-state index contributed by atoms with van der Waals surface area (Å²) in [6, 6.07) is 6.65. The quantitative estimate of drug-likeness (QED) is 0.550. The Morgan fingerprint density at radius 3 is 2.67 bits per heavy atom. The van der Waals surface area contributed by atoms with Crippen LogP contribution in [0.15, 0.2) is 23.4 Å². The van der Waals surface area contributed by atoms with E-state index in [0.717, 1.165) is 43.5 Å². The monoisotopic (exact) mass is 346 g/mol. The Hall–Kier alpha value is -1.33. The molecule has 0 aliphatic rings. The summed E-state index contributed by atoms with van der Waals surface area (Å²) in [5.41, 5.74) is 4.07. The van der Waals surface area contributed by atoms with Crippen LogP contribution < -0.4 is 5.32 Å². The zero-order chi connectivity index (χ0) is 17.5. The fourth-order valence-corrected chi connectivity index (χ4v) is 3.36. The van der Waals surface area contributed by atoms with E-state index in [2.05, 4.69) is 72.2 Å². The number of nitrogens with zero attached hydrogens (tertiary/aromatic N) is 3. The normalized spacial score (nSPS) is 11.4. The SMILES string of the molecule is CSc1nnc(CCCNCc2ccc(C)cc2C)n1CC(C)C. The number of benzene rings is 1. The molecular weight excluding hydrogens is 316 g/mol. The minimum atomic E-state index is 0.605. The Bertz CT molecular complexity index is 649. The molecule has 0 unspecified atom stereocenters. The maximum Gasteiger partial charge on any atom is 0.190 e. The second-order valence-corrected chi connectivity index (χ2v) is 7.59. The second-order valence-electron chi connectivity index (χ2n) is 6.82. The molecule has 4 nitrogen and oxygen atoms in total. The van der Waals surface area contributed by atoms with E-state index in [4.69, 9.17) is 0 Å². The van der Waals surface area contributed by atoms with E-state index >= 15 is 0 Å². The molecular formula is C19H30N4S. The summed E-state index contributed by atoms with van der Waals surface area (Å²) in [6.45, 7) is 11.7. The predicted molar refractivity (Wildman–Crippen MR) is 103 cm³/mol. The Labute approximate surface area is 150 Å². The lowest BCUT2D eigenvalue weighted by Gasteiger charge is -2.12. The largest absolute Gasteiger partial charge is 0.313 e. The molecule has 0 saturated carbocycles. The maximum absolute atomic E-state index is 4.38. The molecule has 0 saturated heterocycles. The molecule has 2 rings (SSSR count). The first kappa shape index (κ1) is 19.0. The van der Waals surface area contributed by atoms with Crippen molar-refractivity contribution in [2.75, 3.05) is 12.8 Å². The van der Waals surface area contributed by atoms with E-state index in [1.165, 1.54) is 16.7 Å². The molecule has 5 heteroatoms. The van der Waals surface area contributed by atoms with Crippen LogP contribution in [0.5, 0.6) is 0 Å². The van der Waals surface area contributed by atoms with Crippen molar-refractivity contribution < 1.29 is 0 Å². The van der Waals surface area contributed by atoms with Crippen LogP contribution in [0.2, 0.25) is 0 Å². The van der Waals surface area contributed by atoms with Crippen molar-refractivity contribution in [2.45, 2.75) is 58.8 Å². The zero-order valence-corrected chi connectivity index (χ0v) is 16.4. The van der Waals surface area contributed by atoms with E-state index < -0.39 is 0 Å². The Kier molecular flexibility index (Phi) is 7.31. The van der Waals surface area contributed by atoms with Crippen LogP contribution in [0, 0.1) is 19.8 Å². The standard InChI is InChI=1S/C19H30N4S/c1-14(2)13-23-18(21-22-19(23)24-5)7-6-10-20-12-17-9-8-15(3)11-16(17)4/h8-9,11,14,20H,6-7,10,12-13H2,1-5H3. The molecule has 0 amide bonds. The minimum absolute atomic E-state index is 0.605. The van der Waals surface area contributed by atoms with Crippen molar-refractivity contribution in [3.05, 3.63) is 40.7 Å². The van der Waals surface area contributed by atoms with Crippen LogP contribution in [-0.2, 0) is 19.5 Å². The predicted octanol–water partition coefficient (Wildman–Crippen LogP) is 4.00. The fourth-order valence-electron chi connectivity index (χ4n) is 2.84. The smallest absolute Gasteiger partial charge is 0.190 e. The van der Waals surface area contributed by atoms with Crippen molar-refractivity contribution in [2.24, 2.45) is 5.92 Å². The van der Waals surface area contributed by atoms with Gasteiger partial charge in [-0.3, -0.25) is 0 Å². The molecule has 0 atom stereocenters. The average molecular weight is 347 g/mol. The van der Waals surface area contributed by atoms with E-state index in [1.807, 2.05) is 0 Å². The van der Waals surface area contributed by atoms with E-state index in [9.17, 15) is 0 Å². The van der Waals surface area contributed by atoms with Gasteiger partial charge < -0.3 is 9.88 Å². The molecule has 2 aromatic rings. The lowest BCUT2D eigenvalue weighted by atomic mass is 10.1. The van der Waals surface area contributed by atoms with Crippen LogP contribution in [0.1, 0.15) is 42.8 Å². The highest BCUT2D eigenvalue weighted by molar-refractivity contribution is 7.98. The molecule has 0 aliphatic heterocycles. The first-order chi connectivity index (χ1) is 11.5. The van der Waals surface area contributed by atoms with Gasteiger partial charge in [-0.15, -0.1) is 10.2 Å². The van der Waals surface area contributed by atoms with Gasteiger partial charge in [0.1, 0.15) is 5.82 Å². The van der Waals surface area contributed by atoms with Gasteiger partial charge in [-0.1, -0.05) is 49.4 Å². The first-order valence-electron chi connectivity index (χ1n) is 8.74. The van der Waals surface area contributed by atoms with Crippen LogP contribution in [-0.4, -0.2) is 27.6 Å². The van der Waals surface area contributed by atoms with Crippen molar-refractivity contribution in [1.29, 1.82) is 0 Å². The van der Waals surface area contributed by atoms with Gasteiger partial charge in [0.25, 0.3) is 0 Å². The molecule has 132 valence electrons. The number of aromatic nitrogens is 3. The minimum Gasteiger partial charge on any atom is -0.313 e. The molecule has 0 radical (unpaired) electrons. The third-order valence-electron chi connectivity index (χ3n) is 4.09. The van der Waals surface area contributed by atoms with Gasteiger partial charge >= 0.3 is 0 Å². The highest BCUT2D eigenvalue weighted by Gasteiger charge is 2.12. The summed E-state index contributed by atoms with van der Waals surface area (Å²) in [7, 11) is 0. The molecule has 1 heterocycles. The third kappa shape index (κ3) is 5.35. The molecule has 0 aliphatic carbocycles. The number of aryl methyl sites for hydroxylation is 3. The van der Waals surface area contributed by atoms with Gasteiger partial charge in [0.2, 0.25) is 0 Å². The van der Waals surface area contributed by atoms with Crippen LogP contribution >= 0.6 is 11.8 Å². The lowest BCUT2D eigenvalue weighted by Crippen LogP contribution is -2.17. The van der Waals surface area contributed by atoms with Crippen molar-refractivity contribution in [3.63, 3.8) is 0 Å². The molecule has 0 bridgehead atoms. The van der Waals surface area contributed by atoms with Crippen molar-refractivity contribution in [1.82, 2.24) is 20.1 Å². The van der Waals surface area contributed by atoms with E-state index in [0.29, 0.717) is 5.92 Å². The first-order valence-corrected chi connectivity index (χ1v) is 9.96. The number of nitrogens with one attached hydrogen (secondary N) is 1. The van der Waals surface area contributed by atoms with Gasteiger partial charge in [0, 0.05) is 19.5 Å². The average Bonchev–Trinajstić information content (AvgIpc) is 2.90. The van der Waals surface area contributed by atoms with Gasteiger partial charge in [-0.2, -0.15) is 0 Å². The maximum atomic E-state index is 4.38. The summed E-state index contributed by atoms with van der Waals surface area (Å²) in [6.07, 6.45) is 4.12. The number of hydrogen-bond acceptors (Lipinski definition) is 4. The topological polar surface area (TPSA) is 42.7 Å². The van der Waals surface area contributed by atoms with Crippen LogP contribution in [0.3, 0.4) is 0 Å². The van der Waals surface area contributed by atoms with E-state index in [1.54, 1.807) is 11.8 Å². The molecule has 0 spiro atoms. The number of thioether (sulfide) groups is 1. The fraction of sp³-hybridized carbons (Fsp3) is 0.579.